The Morgan fingerprint density at radius 1 is 0.296 bits per heavy atom. The minimum Gasteiger partial charge on any atom is -0.309 e. The second-order valence-electron chi connectivity index (χ2n) is 20.4. The van der Waals surface area contributed by atoms with Crippen molar-refractivity contribution in [3.63, 3.8) is 0 Å². The highest BCUT2D eigenvalue weighted by Crippen LogP contribution is 2.41. The first-order valence-electron chi connectivity index (χ1n) is 27.1. The molecule has 0 saturated carbocycles. The van der Waals surface area contributed by atoms with Crippen molar-refractivity contribution in [2.45, 2.75) is 6.42 Å². The Morgan fingerprint density at radius 2 is 0.704 bits per heavy atom. The van der Waals surface area contributed by atoms with Crippen LogP contribution in [0.25, 0.3) is 116 Å². The molecule has 0 bridgehead atoms. The molecule has 380 valence electrons. The van der Waals surface area contributed by atoms with Gasteiger partial charge in [-0.05, 0) is 171 Å². The van der Waals surface area contributed by atoms with Crippen LogP contribution in [0.4, 0.5) is 0 Å². The van der Waals surface area contributed by atoms with Gasteiger partial charge in [0.1, 0.15) is 12.1 Å². The Labute approximate surface area is 482 Å². The lowest BCUT2D eigenvalue weighted by molar-refractivity contribution is 1.17. The largest absolute Gasteiger partial charge is 0.309 e. The highest BCUT2D eigenvalue weighted by molar-refractivity contribution is 14.1. The summed E-state index contributed by atoms with van der Waals surface area (Å²) >= 11 is 2.14. The van der Waals surface area contributed by atoms with E-state index in [1.54, 1.807) is 0 Å². The van der Waals surface area contributed by atoms with Crippen LogP contribution in [-0.4, -0.2) is 13.7 Å². The predicted molar refractivity (Wildman–Crippen MR) is 344 cm³/mol. The van der Waals surface area contributed by atoms with Gasteiger partial charge in [0.05, 0.1) is 49.9 Å². The summed E-state index contributed by atoms with van der Waals surface area (Å²) in [5.41, 5.74) is 22.2. The molecule has 0 unspecified atom stereocenters. The minimum atomic E-state index is 0.660. The van der Waals surface area contributed by atoms with Crippen LogP contribution in [0.3, 0.4) is 0 Å². The first-order chi connectivity index (χ1) is 40.0. The lowest BCUT2D eigenvalue weighted by Gasteiger charge is -2.11. The van der Waals surface area contributed by atoms with Crippen LogP contribution < -0.4 is 0 Å². The van der Waals surface area contributed by atoms with E-state index in [0.717, 1.165) is 49.1 Å². The fourth-order valence-electron chi connectivity index (χ4n) is 12.1. The Bertz CT molecular complexity index is 4930. The van der Waals surface area contributed by atoms with Crippen molar-refractivity contribution in [1.29, 1.82) is 10.5 Å². The summed E-state index contributed by atoms with van der Waals surface area (Å²) in [7, 11) is 0. The maximum Gasteiger partial charge on any atom is 0.101 e. The number of benzene rings is 12. The van der Waals surface area contributed by atoms with Gasteiger partial charge in [-0.15, -0.1) is 0 Å². The first-order valence-corrected chi connectivity index (χ1v) is 28.2. The van der Waals surface area contributed by atoms with Gasteiger partial charge in [-0.25, -0.2) is 0 Å². The molecule has 3 aromatic heterocycles. The molecule has 0 N–H and O–H groups in total. The van der Waals surface area contributed by atoms with Gasteiger partial charge < -0.3 is 13.7 Å². The summed E-state index contributed by atoms with van der Waals surface area (Å²) in [5.74, 6) is 0. The number of hydrogen-bond acceptors (Lipinski definition) is 2. The lowest BCUT2D eigenvalue weighted by Crippen LogP contribution is -1.97. The average molecular weight is 1150 g/mol. The van der Waals surface area contributed by atoms with E-state index in [-0.39, 0.29) is 0 Å². The molecule has 1 aliphatic carbocycles. The van der Waals surface area contributed by atoms with Crippen LogP contribution in [-0.2, 0) is 6.42 Å². The summed E-state index contributed by atoms with van der Waals surface area (Å²) in [6.45, 7) is 0. The third-order valence-corrected chi connectivity index (χ3v) is 16.7. The molecule has 15 aromatic rings. The lowest BCUT2D eigenvalue weighted by atomic mass is 9.98. The Kier molecular flexibility index (Phi) is 12.6. The molecule has 0 spiro atoms. The van der Waals surface area contributed by atoms with E-state index < -0.39 is 0 Å². The zero-order valence-corrected chi connectivity index (χ0v) is 46.0. The summed E-state index contributed by atoms with van der Waals surface area (Å²) in [6, 6.07) is 103. The summed E-state index contributed by atoms with van der Waals surface area (Å²) in [6.07, 6.45) is 1.03. The van der Waals surface area contributed by atoms with Crippen molar-refractivity contribution in [2.24, 2.45) is 0 Å². The van der Waals surface area contributed by atoms with Gasteiger partial charge >= 0.3 is 0 Å². The predicted octanol–water partition coefficient (Wildman–Crippen LogP) is 19.6. The van der Waals surface area contributed by atoms with Gasteiger partial charge in [0.2, 0.25) is 0 Å². The van der Waals surface area contributed by atoms with Crippen molar-refractivity contribution >= 4 is 88.0 Å². The van der Waals surface area contributed by atoms with Gasteiger partial charge in [-0.3, -0.25) is 0 Å². The molecular formula is C75H48IN5. The average Bonchev–Trinajstić information content (AvgIpc) is 4.47. The molecular weight excluding hydrogens is 1100 g/mol. The number of fused-ring (bicyclic) bond motifs is 12. The number of nitriles is 2. The van der Waals surface area contributed by atoms with Gasteiger partial charge in [0.15, 0.2) is 0 Å². The van der Waals surface area contributed by atoms with Gasteiger partial charge in [0.25, 0.3) is 0 Å². The summed E-state index contributed by atoms with van der Waals surface area (Å²) < 4.78 is 7.97. The molecule has 81 heavy (non-hydrogen) atoms. The van der Waals surface area contributed by atoms with E-state index in [4.69, 9.17) is 5.26 Å². The molecule has 0 saturated heterocycles. The van der Waals surface area contributed by atoms with Crippen molar-refractivity contribution in [2.75, 3.05) is 0 Å². The second-order valence-corrected chi connectivity index (χ2v) is 21.5. The van der Waals surface area contributed by atoms with E-state index in [9.17, 15) is 5.26 Å². The van der Waals surface area contributed by atoms with Gasteiger partial charge in [-0.2, -0.15) is 10.5 Å². The van der Waals surface area contributed by atoms with Crippen molar-refractivity contribution in [3.05, 3.63) is 305 Å². The molecule has 0 amide bonds. The van der Waals surface area contributed by atoms with Crippen LogP contribution in [0, 0.1) is 26.2 Å². The summed E-state index contributed by atoms with van der Waals surface area (Å²) in [4.78, 5) is 0. The van der Waals surface area contributed by atoms with E-state index in [0.29, 0.717) is 5.56 Å². The first kappa shape index (κ1) is 49.1. The molecule has 0 radical (unpaired) electrons. The fraction of sp³-hybridized carbons (Fsp3) is 0.0133. The van der Waals surface area contributed by atoms with Crippen LogP contribution in [0.5, 0.6) is 0 Å². The fourth-order valence-corrected chi connectivity index (χ4v) is 12.6. The number of para-hydroxylation sites is 6. The molecule has 5 nitrogen and oxygen atoms in total. The zero-order valence-electron chi connectivity index (χ0n) is 43.9. The van der Waals surface area contributed by atoms with E-state index >= 15 is 0 Å². The Morgan fingerprint density at radius 3 is 1.25 bits per heavy atom. The monoisotopic (exact) mass is 1150 g/mol. The van der Waals surface area contributed by atoms with Gasteiger partial charge in [-0.1, -0.05) is 182 Å². The molecule has 3 heterocycles. The second kappa shape index (κ2) is 20.8. The number of hydrogen-bond donors (Lipinski definition) is 0. The van der Waals surface area contributed by atoms with E-state index in [2.05, 4.69) is 279 Å². The highest BCUT2D eigenvalue weighted by Gasteiger charge is 2.20. The van der Waals surface area contributed by atoms with E-state index in [1.165, 1.54) is 93.5 Å². The van der Waals surface area contributed by atoms with Crippen LogP contribution in [0.1, 0.15) is 22.3 Å². The molecule has 1 aliphatic rings. The van der Waals surface area contributed by atoms with E-state index in [1.807, 2.05) is 48.5 Å². The maximum absolute atomic E-state index is 9.83. The Balaban J connectivity index is 0.000000128. The van der Waals surface area contributed by atoms with Crippen LogP contribution in [0.2, 0.25) is 0 Å². The number of halogens is 1. The number of aromatic nitrogens is 3. The topological polar surface area (TPSA) is 62.4 Å². The number of nitrogens with zero attached hydrogens (tertiary/aromatic N) is 5. The van der Waals surface area contributed by atoms with Crippen LogP contribution >= 0.6 is 22.6 Å². The normalized spacial score (nSPS) is 11.4. The zero-order chi connectivity index (χ0) is 54.4. The van der Waals surface area contributed by atoms with Crippen molar-refractivity contribution < 1.29 is 0 Å². The van der Waals surface area contributed by atoms with Crippen LogP contribution in [0.15, 0.2) is 279 Å². The quantitative estimate of drug-likeness (QED) is 0.161. The third-order valence-electron chi connectivity index (χ3n) is 15.8. The minimum absolute atomic E-state index is 0.660. The molecule has 0 atom stereocenters. The van der Waals surface area contributed by atoms with Crippen molar-refractivity contribution in [1.82, 2.24) is 13.7 Å². The third kappa shape index (κ3) is 8.71. The summed E-state index contributed by atoms with van der Waals surface area (Å²) in [5, 5.41) is 25.7. The smallest absolute Gasteiger partial charge is 0.101 e. The SMILES string of the molecule is N#Cc1ccccc1-n1c2ccccc2c2cc(-c3cccc(-n4c5ccccc5c5ccccc54)c3)ccc21.N#Cc1ccccc1I.c1cc(-c2ccc3c(c2)-c2ccccc2C3)cc(-n2c3ccccc3c3ccccc32)c1. The molecule has 12 aromatic carbocycles. The molecule has 0 fully saturated rings. The standard InChI is InChI=1S/C37H23N3.C31H21N.C7H4IN/c38-24-27-10-1-5-16-33(27)40-36-19-8-4-15-31(36)32-23-26(20-21-37(32)40)25-11-9-12-28(22-25)39-34-17-6-2-13-29(34)30-14-3-7-18-35(30)39;1-2-11-26-23(8-1)18-24-17-16-22(20-29(24)26)21-9-7-10-25(19-21)32-30-14-5-3-12-27(30)28-13-4-6-15-31(28)32;8-7-4-2-1-3-6(7)5-9/h1-23H;1-17,19-20H,18H2;1-4H. The van der Waals surface area contributed by atoms with Gasteiger partial charge in [0, 0.05) is 47.3 Å². The molecule has 16 rings (SSSR count). The molecule has 0 aliphatic heterocycles. The maximum atomic E-state index is 9.83. The molecule has 6 heteroatoms. The number of rotatable bonds is 5. The van der Waals surface area contributed by atoms with Crippen molar-refractivity contribution in [3.8, 4) is 62.6 Å². The Hall–Kier alpha value is -10.3. The highest BCUT2D eigenvalue weighted by atomic mass is 127.